The molecule has 0 aliphatic carbocycles. The number of carbonyl (C=O) groups is 1. The monoisotopic (exact) mass is 567 g/mol. The molecule has 4 heterocycles. The molecule has 2 aliphatic heterocycles. The highest BCUT2D eigenvalue weighted by Crippen LogP contribution is 2.34. The number of aryl methyl sites for hydroxylation is 1. The first-order chi connectivity index (χ1) is 18.9. The molecule has 5 rings (SSSR count). The van der Waals surface area contributed by atoms with Gasteiger partial charge in [-0.05, 0) is 50.1 Å². The Morgan fingerprint density at radius 2 is 1.85 bits per heavy atom. The van der Waals surface area contributed by atoms with Gasteiger partial charge >= 0.3 is 0 Å². The summed E-state index contributed by atoms with van der Waals surface area (Å²) in [6, 6.07) is 10.5. The molecule has 2 saturated heterocycles. The third-order valence-corrected chi connectivity index (χ3v) is 8.24. The van der Waals surface area contributed by atoms with Crippen LogP contribution in [0.25, 0.3) is 11.7 Å². The Morgan fingerprint density at radius 3 is 2.59 bits per heavy atom. The number of thioether (sulfide) groups is 1. The van der Waals surface area contributed by atoms with Crippen LogP contribution in [0.4, 0.5) is 15.9 Å². The molecule has 8 nitrogen and oxygen atoms in total. The molecule has 0 spiro atoms. The Hall–Kier alpha value is -3.28. The lowest BCUT2D eigenvalue weighted by Crippen LogP contribution is -2.47. The zero-order chi connectivity index (χ0) is 27.5. The van der Waals surface area contributed by atoms with E-state index in [0.29, 0.717) is 84.3 Å². The molecule has 3 aromatic rings. The van der Waals surface area contributed by atoms with Crippen LogP contribution in [-0.4, -0.2) is 70.4 Å². The molecule has 2 fully saturated rings. The van der Waals surface area contributed by atoms with Crippen LogP contribution in [0.5, 0.6) is 0 Å². The first-order valence-electron chi connectivity index (χ1n) is 13.0. The summed E-state index contributed by atoms with van der Waals surface area (Å²) in [5.74, 6) is 0.0438. The number of piperazine rings is 1. The van der Waals surface area contributed by atoms with Crippen LogP contribution in [0, 0.1) is 12.7 Å². The quantitative estimate of drug-likeness (QED) is 0.229. The second-order valence-corrected chi connectivity index (χ2v) is 11.0. The Balaban J connectivity index is 1.48. The van der Waals surface area contributed by atoms with Gasteiger partial charge in [0.2, 0.25) is 0 Å². The molecule has 0 N–H and O–H groups in total. The number of nitrogens with zero attached hydrogens (tertiary/aromatic N) is 5. The van der Waals surface area contributed by atoms with Crippen molar-refractivity contribution in [2.24, 2.45) is 0 Å². The van der Waals surface area contributed by atoms with E-state index < -0.39 is 0 Å². The lowest BCUT2D eigenvalue weighted by molar-refractivity contribution is -0.122. The molecule has 1 amide bonds. The summed E-state index contributed by atoms with van der Waals surface area (Å²) in [6.45, 7) is 7.68. The van der Waals surface area contributed by atoms with Crippen LogP contribution in [0.15, 0.2) is 52.3 Å². The number of aromatic nitrogens is 2. The van der Waals surface area contributed by atoms with Crippen molar-refractivity contribution in [2.75, 3.05) is 55.7 Å². The van der Waals surface area contributed by atoms with Crippen LogP contribution >= 0.6 is 24.0 Å². The number of pyridine rings is 1. The van der Waals surface area contributed by atoms with Crippen LogP contribution < -0.4 is 15.4 Å². The predicted octanol–water partition coefficient (Wildman–Crippen LogP) is 4.10. The number of ether oxygens (including phenoxy) is 1. The minimum absolute atomic E-state index is 0.217. The van der Waals surface area contributed by atoms with Crippen molar-refractivity contribution in [1.29, 1.82) is 0 Å². The molecule has 1 aromatic carbocycles. The number of benzene rings is 1. The predicted molar refractivity (Wildman–Crippen MR) is 158 cm³/mol. The normalized spacial score (nSPS) is 17.2. The molecule has 2 aromatic heterocycles. The van der Waals surface area contributed by atoms with E-state index in [4.69, 9.17) is 21.9 Å². The fourth-order valence-corrected chi connectivity index (χ4v) is 6.12. The fraction of sp³-hybridized carbons (Fsp3) is 0.357. The van der Waals surface area contributed by atoms with E-state index >= 15 is 0 Å². The lowest BCUT2D eigenvalue weighted by atomic mass is 10.2. The van der Waals surface area contributed by atoms with Gasteiger partial charge in [-0.25, -0.2) is 9.37 Å². The molecule has 0 saturated carbocycles. The number of hydrogen-bond acceptors (Lipinski definition) is 8. The van der Waals surface area contributed by atoms with Crippen molar-refractivity contribution < 1.29 is 13.9 Å². The van der Waals surface area contributed by atoms with Gasteiger partial charge in [0.15, 0.2) is 0 Å². The third kappa shape index (κ3) is 5.57. The third-order valence-electron chi connectivity index (χ3n) is 6.86. The highest BCUT2D eigenvalue weighted by molar-refractivity contribution is 8.26. The summed E-state index contributed by atoms with van der Waals surface area (Å²) >= 11 is 6.68. The van der Waals surface area contributed by atoms with E-state index in [0.717, 1.165) is 5.56 Å². The Morgan fingerprint density at radius 1 is 1.10 bits per heavy atom. The Labute approximate surface area is 236 Å². The van der Waals surface area contributed by atoms with Gasteiger partial charge in [0, 0.05) is 52.1 Å². The zero-order valence-electron chi connectivity index (χ0n) is 21.9. The van der Waals surface area contributed by atoms with Crippen molar-refractivity contribution >= 4 is 57.4 Å². The second kappa shape index (κ2) is 11.8. The summed E-state index contributed by atoms with van der Waals surface area (Å²) in [6.07, 6.45) is 3.99. The minimum atomic E-state index is -0.257. The van der Waals surface area contributed by atoms with E-state index in [9.17, 15) is 14.0 Å². The van der Waals surface area contributed by atoms with Crippen LogP contribution in [0.1, 0.15) is 24.5 Å². The van der Waals surface area contributed by atoms with Crippen molar-refractivity contribution in [2.45, 2.75) is 20.3 Å². The first-order valence-corrected chi connectivity index (χ1v) is 14.2. The molecule has 0 unspecified atom stereocenters. The van der Waals surface area contributed by atoms with E-state index in [-0.39, 0.29) is 17.3 Å². The SMILES string of the molecule is CCOCCCN1C(=O)C(=Cc2c(N3CCN(c4ccccc4F)CC3)nc3c(C)cccn3c2=O)SC1=S. The van der Waals surface area contributed by atoms with Crippen molar-refractivity contribution in [3.05, 3.63) is 74.8 Å². The minimum Gasteiger partial charge on any atom is -0.382 e. The van der Waals surface area contributed by atoms with Crippen LogP contribution in [0.3, 0.4) is 0 Å². The van der Waals surface area contributed by atoms with E-state index in [1.165, 1.54) is 22.2 Å². The van der Waals surface area contributed by atoms with E-state index in [1.807, 2.05) is 35.8 Å². The van der Waals surface area contributed by atoms with Gasteiger partial charge in [0.05, 0.1) is 16.2 Å². The van der Waals surface area contributed by atoms with Gasteiger partial charge in [-0.3, -0.25) is 18.9 Å². The smallest absolute Gasteiger partial charge is 0.267 e. The number of rotatable bonds is 8. The number of halogens is 1. The number of para-hydroxylation sites is 1. The van der Waals surface area contributed by atoms with Crippen LogP contribution in [0.2, 0.25) is 0 Å². The number of fused-ring (bicyclic) bond motifs is 1. The van der Waals surface area contributed by atoms with Gasteiger partial charge in [-0.1, -0.05) is 42.2 Å². The number of thiocarbonyl (C=S) groups is 1. The van der Waals surface area contributed by atoms with E-state index in [1.54, 1.807) is 35.4 Å². The van der Waals surface area contributed by atoms with Gasteiger partial charge in [-0.15, -0.1) is 0 Å². The van der Waals surface area contributed by atoms with Crippen molar-refractivity contribution in [3.8, 4) is 0 Å². The summed E-state index contributed by atoms with van der Waals surface area (Å²) in [7, 11) is 0. The standard InChI is InChI=1S/C28H30FN5O3S2/c1-3-37-17-7-12-34-27(36)23(39-28(34)38)18-20-25(30-24-19(2)8-6-11-33(24)26(20)35)32-15-13-31(14-16-32)22-10-5-4-9-21(22)29/h4-6,8-11,18H,3,7,12-17H2,1-2H3. The highest BCUT2D eigenvalue weighted by Gasteiger charge is 2.33. The molecular weight excluding hydrogens is 537 g/mol. The summed E-state index contributed by atoms with van der Waals surface area (Å²) in [5.41, 5.74) is 2.08. The maximum atomic E-state index is 14.4. The first kappa shape index (κ1) is 27.3. The van der Waals surface area contributed by atoms with Crippen molar-refractivity contribution in [1.82, 2.24) is 14.3 Å². The van der Waals surface area contributed by atoms with Crippen molar-refractivity contribution in [3.63, 3.8) is 0 Å². The summed E-state index contributed by atoms with van der Waals surface area (Å²) in [5, 5.41) is 0. The number of amides is 1. The molecule has 39 heavy (non-hydrogen) atoms. The maximum Gasteiger partial charge on any atom is 0.267 e. The number of anilines is 2. The molecule has 11 heteroatoms. The van der Waals surface area contributed by atoms with Gasteiger partial charge in [0.25, 0.3) is 11.5 Å². The van der Waals surface area contributed by atoms with Gasteiger partial charge in [-0.2, -0.15) is 0 Å². The molecule has 0 bridgehead atoms. The largest absolute Gasteiger partial charge is 0.382 e. The van der Waals surface area contributed by atoms with Gasteiger partial charge < -0.3 is 14.5 Å². The Kier molecular flexibility index (Phi) is 8.29. The van der Waals surface area contributed by atoms with E-state index in [2.05, 4.69) is 0 Å². The zero-order valence-corrected chi connectivity index (χ0v) is 23.6. The highest BCUT2D eigenvalue weighted by atomic mass is 32.2. The number of carbonyl (C=O) groups excluding carboxylic acids is 1. The van der Waals surface area contributed by atoms with Gasteiger partial charge in [0.1, 0.15) is 21.6 Å². The number of hydrogen-bond donors (Lipinski definition) is 0. The molecule has 204 valence electrons. The average Bonchev–Trinajstić information content (AvgIpc) is 3.20. The maximum absolute atomic E-state index is 14.4. The fourth-order valence-electron chi connectivity index (χ4n) is 4.83. The Bertz CT molecular complexity index is 1500. The molecule has 0 radical (unpaired) electrons. The summed E-state index contributed by atoms with van der Waals surface area (Å²) in [4.78, 5) is 38.0. The average molecular weight is 568 g/mol. The lowest BCUT2D eigenvalue weighted by Gasteiger charge is -2.37. The molecule has 0 atom stereocenters. The van der Waals surface area contributed by atoms with Crippen LogP contribution in [-0.2, 0) is 9.53 Å². The molecule has 2 aliphatic rings. The summed E-state index contributed by atoms with van der Waals surface area (Å²) < 4.78 is 21.8. The topological polar surface area (TPSA) is 70.4 Å². The second-order valence-electron chi connectivity index (χ2n) is 9.35. The molecular formula is C28H30FN5O3S2.